The molecule has 0 spiro atoms. The molecule has 3 aromatic rings. The van der Waals surface area contributed by atoms with E-state index in [0.717, 1.165) is 0 Å². The summed E-state index contributed by atoms with van der Waals surface area (Å²) in [6, 6.07) is 5.34. The number of halogens is 1. The highest BCUT2D eigenvalue weighted by molar-refractivity contribution is 5.88. The highest BCUT2D eigenvalue weighted by Crippen LogP contribution is 2.41. The predicted molar refractivity (Wildman–Crippen MR) is 137 cm³/mol. The number of likely N-dealkylation sites (N-methyl/N-ethyl adjacent to an activating group) is 1. The number of ether oxygens (including phenoxy) is 1. The van der Waals surface area contributed by atoms with E-state index in [-0.39, 0.29) is 53.7 Å². The van der Waals surface area contributed by atoms with Crippen LogP contribution in [0.3, 0.4) is 0 Å². The Balaban J connectivity index is 1.64. The van der Waals surface area contributed by atoms with Gasteiger partial charge in [-0.05, 0) is 58.0 Å². The molecule has 1 fully saturated rings. The lowest BCUT2D eigenvalue weighted by Crippen LogP contribution is -2.44. The van der Waals surface area contributed by atoms with E-state index in [1.807, 2.05) is 11.6 Å². The standard InChI is InChI=1S/C28H30FN3O6/c1-5-28(37)18-10-20-23-21(12-31(20)25(34)17(18)13-38-26(28)35)32(15-9-22(27(2,3)36)30(4)11-15)19-7-6-14(29)8-16(19)24(23)33/h6-8,10,15,22,36-37H,5,9,11-13H2,1-4H3/t15-,22+,28+/m1/s1. The smallest absolute Gasteiger partial charge is 0.343 e. The van der Waals surface area contributed by atoms with Gasteiger partial charge in [0.25, 0.3) is 5.56 Å². The number of benzene rings is 1. The number of carbonyl (C=O) groups is 1. The summed E-state index contributed by atoms with van der Waals surface area (Å²) in [7, 11) is 1.93. The summed E-state index contributed by atoms with van der Waals surface area (Å²) in [5.74, 6) is -1.39. The molecule has 2 N–H and O–H groups in total. The Labute approximate surface area is 217 Å². The first-order valence-electron chi connectivity index (χ1n) is 12.8. The van der Waals surface area contributed by atoms with Crippen LogP contribution in [0.2, 0.25) is 0 Å². The van der Waals surface area contributed by atoms with Crippen LogP contribution in [0.5, 0.6) is 0 Å². The summed E-state index contributed by atoms with van der Waals surface area (Å²) in [6.07, 6.45) is 0.579. The number of aliphatic hydroxyl groups is 2. The van der Waals surface area contributed by atoms with Crippen LogP contribution in [-0.4, -0.2) is 55.5 Å². The van der Waals surface area contributed by atoms with E-state index in [1.165, 1.54) is 16.7 Å². The fourth-order valence-corrected chi connectivity index (χ4v) is 6.67. The van der Waals surface area contributed by atoms with Crippen molar-refractivity contribution in [3.63, 3.8) is 0 Å². The van der Waals surface area contributed by atoms with E-state index in [1.54, 1.807) is 32.9 Å². The van der Waals surface area contributed by atoms with Gasteiger partial charge in [0.05, 0.1) is 40.2 Å². The topological polar surface area (TPSA) is 114 Å². The van der Waals surface area contributed by atoms with Crippen LogP contribution in [0.25, 0.3) is 22.2 Å². The highest BCUT2D eigenvalue weighted by atomic mass is 19.1. The summed E-state index contributed by atoms with van der Waals surface area (Å²) in [4.78, 5) is 42.1. The van der Waals surface area contributed by atoms with Crippen molar-refractivity contribution in [2.24, 2.45) is 0 Å². The summed E-state index contributed by atoms with van der Waals surface area (Å²) in [5, 5.41) is 22.1. The molecule has 0 radical (unpaired) electrons. The van der Waals surface area contributed by atoms with Crippen molar-refractivity contribution < 1.29 is 24.1 Å². The molecule has 3 aliphatic heterocycles. The summed E-state index contributed by atoms with van der Waals surface area (Å²) >= 11 is 0. The fraction of sp³-hybridized carbons (Fsp3) is 0.464. The first kappa shape index (κ1) is 25.0. The number of carbonyl (C=O) groups excluding carboxylic acids is 1. The third-order valence-electron chi connectivity index (χ3n) is 8.58. The van der Waals surface area contributed by atoms with E-state index >= 15 is 0 Å². The van der Waals surface area contributed by atoms with Gasteiger partial charge in [-0.3, -0.25) is 14.5 Å². The molecule has 200 valence electrons. The number of hydrogen-bond acceptors (Lipinski definition) is 7. The second kappa shape index (κ2) is 8.08. The largest absolute Gasteiger partial charge is 0.458 e. The van der Waals surface area contributed by atoms with E-state index in [4.69, 9.17) is 4.74 Å². The van der Waals surface area contributed by atoms with Crippen LogP contribution in [0.15, 0.2) is 33.9 Å². The minimum atomic E-state index is -2.00. The van der Waals surface area contributed by atoms with E-state index in [9.17, 15) is 29.0 Å². The molecule has 9 nitrogen and oxygen atoms in total. The zero-order valence-corrected chi connectivity index (χ0v) is 21.7. The van der Waals surface area contributed by atoms with Gasteiger partial charge in [0.15, 0.2) is 11.0 Å². The number of pyridine rings is 2. The average molecular weight is 524 g/mol. The van der Waals surface area contributed by atoms with Gasteiger partial charge < -0.3 is 24.1 Å². The minimum absolute atomic E-state index is 0.00547. The van der Waals surface area contributed by atoms with Crippen molar-refractivity contribution >= 4 is 16.9 Å². The van der Waals surface area contributed by atoms with E-state index in [0.29, 0.717) is 29.9 Å². The quantitative estimate of drug-likeness (QED) is 0.395. The molecule has 5 heterocycles. The molecule has 1 aromatic carbocycles. The Bertz CT molecular complexity index is 1650. The molecule has 38 heavy (non-hydrogen) atoms. The molecule has 10 heteroatoms. The van der Waals surface area contributed by atoms with Gasteiger partial charge in [-0.15, -0.1) is 0 Å². The van der Waals surface area contributed by atoms with Gasteiger partial charge in [0.1, 0.15) is 12.4 Å². The fourth-order valence-electron chi connectivity index (χ4n) is 6.67. The molecule has 3 aliphatic rings. The van der Waals surface area contributed by atoms with Crippen LogP contribution in [0.4, 0.5) is 4.39 Å². The van der Waals surface area contributed by atoms with Crippen molar-refractivity contribution in [2.45, 2.75) is 70.1 Å². The van der Waals surface area contributed by atoms with Crippen molar-refractivity contribution in [3.8, 4) is 11.3 Å². The summed E-state index contributed by atoms with van der Waals surface area (Å²) in [5.41, 5.74) is -1.78. The van der Waals surface area contributed by atoms with E-state index in [2.05, 4.69) is 4.90 Å². The van der Waals surface area contributed by atoms with Crippen molar-refractivity contribution in [1.29, 1.82) is 0 Å². The highest BCUT2D eigenvalue weighted by Gasteiger charge is 2.46. The number of cyclic esters (lactones) is 1. The number of nitrogens with zero attached hydrogens (tertiary/aromatic N) is 3. The second-order valence-corrected chi connectivity index (χ2v) is 11.3. The molecule has 2 aromatic heterocycles. The van der Waals surface area contributed by atoms with Crippen molar-refractivity contribution in [1.82, 2.24) is 14.0 Å². The van der Waals surface area contributed by atoms with Crippen molar-refractivity contribution in [2.75, 3.05) is 13.6 Å². The SMILES string of the molecule is CC[C@@]1(O)C(=O)OCc2c1cc1n(c2=O)Cc2c-1c(=O)c1cc(F)ccc1n2[C@@H]1C[C@@H](C(C)(C)O)N(C)C1. The molecule has 0 unspecified atom stereocenters. The molecule has 6 rings (SSSR count). The molecular formula is C28H30FN3O6. The zero-order chi connectivity index (χ0) is 27.3. The Morgan fingerprint density at radius 2 is 1.95 bits per heavy atom. The number of hydrogen-bond donors (Lipinski definition) is 2. The lowest BCUT2D eigenvalue weighted by Gasteiger charge is -2.31. The third kappa shape index (κ3) is 3.30. The lowest BCUT2D eigenvalue weighted by atomic mass is 9.85. The van der Waals surface area contributed by atoms with E-state index < -0.39 is 34.0 Å². The first-order chi connectivity index (χ1) is 17.9. The average Bonchev–Trinajstić information content (AvgIpc) is 3.44. The summed E-state index contributed by atoms with van der Waals surface area (Å²) < 4.78 is 23.0. The Kier molecular flexibility index (Phi) is 5.31. The van der Waals surface area contributed by atoms with Gasteiger partial charge >= 0.3 is 5.97 Å². The predicted octanol–water partition coefficient (Wildman–Crippen LogP) is 2.00. The third-order valence-corrected chi connectivity index (χ3v) is 8.58. The van der Waals surface area contributed by atoms with Crippen LogP contribution in [-0.2, 0) is 28.3 Å². The molecule has 0 amide bonds. The molecule has 0 aliphatic carbocycles. The summed E-state index contributed by atoms with van der Waals surface area (Å²) in [6.45, 7) is 5.57. The van der Waals surface area contributed by atoms with Gasteiger partial charge in [0, 0.05) is 29.6 Å². The number of esters is 1. The number of likely N-dealkylation sites (tertiary alicyclic amines) is 1. The number of aromatic nitrogens is 2. The monoisotopic (exact) mass is 523 g/mol. The Morgan fingerprint density at radius 3 is 2.61 bits per heavy atom. The van der Waals surface area contributed by atoms with Crippen molar-refractivity contribution in [3.05, 3.63) is 67.5 Å². The van der Waals surface area contributed by atoms with Crippen LogP contribution in [0.1, 0.15) is 56.5 Å². The maximum absolute atomic E-state index is 14.4. The second-order valence-electron chi connectivity index (χ2n) is 11.3. The Hall–Kier alpha value is -3.34. The maximum atomic E-state index is 14.4. The van der Waals surface area contributed by atoms with Gasteiger partial charge in [-0.2, -0.15) is 0 Å². The van der Waals surface area contributed by atoms with Gasteiger partial charge in [-0.25, -0.2) is 9.18 Å². The first-order valence-corrected chi connectivity index (χ1v) is 12.8. The van der Waals surface area contributed by atoms with Gasteiger partial charge in [-0.1, -0.05) is 6.92 Å². The van der Waals surface area contributed by atoms with Crippen LogP contribution < -0.4 is 11.0 Å². The molecule has 1 saturated heterocycles. The lowest BCUT2D eigenvalue weighted by molar-refractivity contribution is -0.172. The molecule has 0 bridgehead atoms. The zero-order valence-electron chi connectivity index (χ0n) is 21.7. The number of fused-ring (bicyclic) bond motifs is 5. The number of rotatable bonds is 3. The molecular weight excluding hydrogens is 493 g/mol. The van der Waals surface area contributed by atoms with Gasteiger partial charge in [0.2, 0.25) is 0 Å². The normalized spacial score (nSPS) is 24.9. The van der Waals surface area contributed by atoms with Crippen LogP contribution >= 0.6 is 0 Å². The molecule has 3 atom stereocenters. The Morgan fingerprint density at radius 1 is 1.21 bits per heavy atom. The van der Waals surface area contributed by atoms with Crippen LogP contribution in [0, 0.1) is 5.82 Å². The maximum Gasteiger partial charge on any atom is 0.343 e. The minimum Gasteiger partial charge on any atom is -0.458 e. The molecule has 0 saturated carbocycles.